The molecule has 0 bridgehead atoms. The van der Waals surface area contributed by atoms with E-state index in [-0.39, 0.29) is 6.10 Å². The van der Waals surface area contributed by atoms with Crippen molar-refractivity contribution in [1.82, 2.24) is 0 Å². The Morgan fingerprint density at radius 1 is 1.56 bits per heavy atom. The minimum atomic E-state index is 0.218. The Labute approximate surface area is 55.9 Å². The zero-order valence-electron chi connectivity index (χ0n) is 6.00. The van der Waals surface area contributed by atoms with E-state index in [0.717, 1.165) is 13.2 Å². The molecule has 9 heavy (non-hydrogen) atoms. The van der Waals surface area contributed by atoms with Gasteiger partial charge in [-0.25, -0.2) is 0 Å². The molecule has 1 rings (SSSR count). The van der Waals surface area contributed by atoms with Crippen molar-refractivity contribution in [3.63, 3.8) is 0 Å². The largest absolute Gasteiger partial charge is 0.373 e. The number of hydrogen-bond donors (Lipinski definition) is 0. The van der Waals surface area contributed by atoms with E-state index in [4.69, 9.17) is 4.74 Å². The van der Waals surface area contributed by atoms with Crippen LogP contribution in [-0.4, -0.2) is 25.5 Å². The van der Waals surface area contributed by atoms with Gasteiger partial charge in [0.1, 0.15) is 0 Å². The highest BCUT2D eigenvalue weighted by Gasteiger charge is 2.07. The van der Waals surface area contributed by atoms with Crippen molar-refractivity contribution in [2.24, 2.45) is 10.9 Å². The van der Waals surface area contributed by atoms with Crippen LogP contribution in [0.25, 0.3) is 0 Å². The Hall–Kier alpha value is -0.370. The van der Waals surface area contributed by atoms with Crippen LogP contribution in [0.2, 0.25) is 0 Å². The Kier molecular flexibility index (Phi) is 2.22. The summed E-state index contributed by atoms with van der Waals surface area (Å²) in [6.07, 6.45) is 2.10. The van der Waals surface area contributed by atoms with Gasteiger partial charge in [0.15, 0.2) is 0 Å². The average molecular weight is 127 g/mol. The average Bonchev–Trinajstić information content (AvgIpc) is 1.97. The molecule has 0 aromatic carbocycles. The van der Waals surface area contributed by atoms with Crippen LogP contribution in [0.3, 0.4) is 0 Å². The maximum Gasteiger partial charge on any atom is 0.0893 e. The summed E-state index contributed by atoms with van der Waals surface area (Å²) in [5, 5.41) is 0. The Bertz CT molecular complexity index is 111. The zero-order chi connectivity index (χ0) is 6.69. The lowest BCUT2D eigenvalue weighted by Gasteiger charge is -2.06. The van der Waals surface area contributed by atoms with E-state index in [1.807, 2.05) is 13.1 Å². The van der Waals surface area contributed by atoms with E-state index in [1.54, 1.807) is 0 Å². The van der Waals surface area contributed by atoms with Crippen molar-refractivity contribution >= 4 is 6.21 Å². The third-order valence-electron chi connectivity index (χ3n) is 1.38. The summed E-state index contributed by atoms with van der Waals surface area (Å²) in [6.45, 7) is 5.93. The lowest BCUT2D eigenvalue weighted by Crippen LogP contribution is -2.11. The number of hydrogen-bond acceptors (Lipinski definition) is 2. The second kappa shape index (κ2) is 2.97. The highest BCUT2D eigenvalue weighted by molar-refractivity contribution is 5.62. The standard InChI is InChI=1S/C7H13NO/c1-6-3-8-4-7(2)9-5-6/h4,6-7H,3,5H2,1-2H3. The first kappa shape index (κ1) is 6.75. The molecule has 2 atom stereocenters. The van der Waals surface area contributed by atoms with E-state index in [0.29, 0.717) is 5.92 Å². The molecule has 2 unspecified atom stereocenters. The van der Waals surface area contributed by atoms with Crippen LogP contribution in [0.1, 0.15) is 13.8 Å². The van der Waals surface area contributed by atoms with Crippen molar-refractivity contribution in [3.8, 4) is 0 Å². The van der Waals surface area contributed by atoms with Crippen molar-refractivity contribution in [2.75, 3.05) is 13.2 Å². The summed E-state index contributed by atoms with van der Waals surface area (Å²) in [7, 11) is 0. The molecule has 0 spiro atoms. The SMILES string of the molecule is CC1CN=CC(C)OC1. The number of rotatable bonds is 0. The van der Waals surface area contributed by atoms with Gasteiger partial charge in [0.05, 0.1) is 12.7 Å². The first-order valence-corrected chi connectivity index (χ1v) is 3.40. The zero-order valence-corrected chi connectivity index (χ0v) is 6.00. The predicted octanol–water partition coefficient (Wildman–Crippen LogP) is 1.11. The smallest absolute Gasteiger partial charge is 0.0893 e. The molecule has 1 aliphatic heterocycles. The minimum Gasteiger partial charge on any atom is -0.373 e. The number of aliphatic imine (C=N–C) groups is 1. The molecule has 0 saturated heterocycles. The molecule has 0 fully saturated rings. The maximum absolute atomic E-state index is 5.37. The van der Waals surface area contributed by atoms with Crippen molar-refractivity contribution in [2.45, 2.75) is 20.0 Å². The fourth-order valence-electron chi connectivity index (χ4n) is 0.801. The van der Waals surface area contributed by atoms with Crippen molar-refractivity contribution < 1.29 is 4.74 Å². The summed E-state index contributed by atoms with van der Waals surface area (Å²) in [6, 6.07) is 0. The molecule has 0 saturated carbocycles. The molecule has 2 nitrogen and oxygen atoms in total. The van der Waals surface area contributed by atoms with E-state index in [9.17, 15) is 0 Å². The van der Waals surface area contributed by atoms with Crippen LogP contribution in [0.4, 0.5) is 0 Å². The summed E-state index contributed by atoms with van der Waals surface area (Å²) < 4.78 is 5.37. The van der Waals surface area contributed by atoms with Gasteiger partial charge in [0.25, 0.3) is 0 Å². The van der Waals surface area contributed by atoms with E-state index in [1.165, 1.54) is 0 Å². The van der Waals surface area contributed by atoms with Crippen LogP contribution < -0.4 is 0 Å². The van der Waals surface area contributed by atoms with E-state index < -0.39 is 0 Å². The Morgan fingerprint density at radius 2 is 2.33 bits per heavy atom. The molecule has 52 valence electrons. The molecule has 0 N–H and O–H groups in total. The van der Waals surface area contributed by atoms with Crippen LogP contribution in [-0.2, 0) is 4.74 Å². The van der Waals surface area contributed by atoms with Crippen molar-refractivity contribution in [3.05, 3.63) is 0 Å². The lowest BCUT2D eigenvalue weighted by atomic mass is 10.2. The quantitative estimate of drug-likeness (QED) is 0.477. The Morgan fingerprint density at radius 3 is 3.11 bits per heavy atom. The lowest BCUT2D eigenvalue weighted by molar-refractivity contribution is 0.0932. The van der Waals surface area contributed by atoms with E-state index in [2.05, 4.69) is 11.9 Å². The van der Waals surface area contributed by atoms with Gasteiger partial charge < -0.3 is 4.74 Å². The number of nitrogens with zero attached hydrogens (tertiary/aromatic N) is 1. The predicted molar refractivity (Wildman–Crippen MR) is 37.9 cm³/mol. The monoisotopic (exact) mass is 127 g/mol. The molecular formula is C7H13NO. The molecule has 0 aromatic rings. The minimum absolute atomic E-state index is 0.218. The van der Waals surface area contributed by atoms with Gasteiger partial charge in [-0.15, -0.1) is 0 Å². The van der Waals surface area contributed by atoms with Crippen LogP contribution in [0, 0.1) is 5.92 Å². The van der Waals surface area contributed by atoms with E-state index >= 15 is 0 Å². The van der Waals surface area contributed by atoms with Gasteiger partial charge in [0.2, 0.25) is 0 Å². The first-order chi connectivity index (χ1) is 4.29. The van der Waals surface area contributed by atoms with Gasteiger partial charge in [-0.05, 0) is 12.8 Å². The van der Waals surface area contributed by atoms with Crippen molar-refractivity contribution in [1.29, 1.82) is 0 Å². The third kappa shape index (κ3) is 2.14. The molecule has 1 aliphatic rings. The fourth-order valence-corrected chi connectivity index (χ4v) is 0.801. The van der Waals surface area contributed by atoms with Gasteiger partial charge in [-0.2, -0.15) is 0 Å². The van der Waals surface area contributed by atoms with Crippen LogP contribution in [0.5, 0.6) is 0 Å². The molecule has 0 amide bonds. The normalized spacial score (nSPS) is 36.2. The van der Waals surface area contributed by atoms with Gasteiger partial charge >= 0.3 is 0 Å². The molecule has 0 radical (unpaired) electrons. The highest BCUT2D eigenvalue weighted by Crippen LogP contribution is 2.02. The summed E-state index contributed by atoms with van der Waals surface area (Å²) in [4.78, 5) is 4.18. The van der Waals surface area contributed by atoms with Crippen LogP contribution in [0.15, 0.2) is 4.99 Å². The first-order valence-electron chi connectivity index (χ1n) is 3.40. The summed E-state index contributed by atoms with van der Waals surface area (Å²) in [5.74, 6) is 0.589. The second-order valence-corrected chi connectivity index (χ2v) is 2.66. The highest BCUT2D eigenvalue weighted by atomic mass is 16.5. The molecule has 2 heteroatoms. The molecule has 0 aromatic heterocycles. The van der Waals surface area contributed by atoms with Crippen LogP contribution >= 0.6 is 0 Å². The second-order valence-electron chi connectivity index (χ2n) is 2.66. The molecular weight excluding hydrogens is 114 g/mol. The third-order valence-corrected chi connectivity index (χ3v) is 1.38. The molecule has 1 heterocycles. The molecule has 0 aliphatic carbocycles. The topological polar surface area (TPSA) is 21.6 Å². The summed E-state index contributed by atoms with van der Waals surface area (Å²) in [5.41, 5.74) is 0. The maximum atomic E-state index is 5.37. The number of ether oxygens (including phenoxy) is 1. The Balaban J connectivity index is 2.39. The fraction of sp³-hybridized carbons (Fsp3) is 0.857. The van der Waals surface area contributed by atoms with Gasteiger partial charge in [-0.1, -0.05) is 6.92 Å². The van der Waals surface area contributed by atoms with Gasteiger partial charge in [0, 0.05) is 12.8 Å². The summed E-state index contributed by atoms with van der Waals surface area (Å²) >= 11 is 0. The van der Waals surface area contributed by atoms with Gasteiger partial charge in [-0.3, -0.25) is 4.99 Å².